The van der Waals surface area contributed by atoms with Gasteiger partial charge in [0.15, 0.2) is 0 Å². The number of likely N-dealkylation sites (N-methyl/N-ethyl adjacent to an activating group) is 1. The zero-order valence-corrected chi connectivity index (χ0v) is 10.9. The van der Waals surface area contributed by atoms with Crippen molar-refractivity contribution < 1.29 is 9.90 Å². The summed E-state index contributed by atoms with van der Waals surface area (Å²) >= 11 is 0. The Bertz CT molecular complexity index is 408. The highest BCUT2D eigenvalue weighted by atomic mass is 16.3. The van der Waals surface area contributed by atoms with Gasteiger partial charge in [0.2, 0.25) is 5.91 Å². The van der Waals surface area contributed by atoms with E-state index >= 15 is 0 Å². The van der Waals surface area contributed by atoms with E-state index in [2.05, 4.69) is 6.92 Å². The predicted molar refractivity (Wildman–Crippen MR) is 70.0 cm³/mol. The molecule has 0 radical (unpaired) electrons. The van der Waals surface area contributed by atoms with Crippen LogP contribution in [0.25, 0.3) is 0 Å². The van der Waals surface area contributed by atoms with Gasteiger partial charge in [-0.3, -0.25) is 9.69 Å². The number of rotatable bonds is 3. The van der Waals surface area contributed by atoms with Crippen LogP contribution in [0.1, 0.15) is 12.5 Å². The van der Waals surface area contributed by atoms with Crippen molar-refractivity contribution in [3.63, 3.8) is 0 Å². The first-order valence-electron chi connectivity index (χ1n) is 6.29. The fourth-order valence-electron chi connectivity index (χ4n) is 2.38. The van der Waals surface area contributed by atoms with E-state index in [9.17, 15) is 9.90 Å². The molecule has 4 heteroatoms. The molecule has 18 heavy (non-hydrogen) atoms. The van der Waals surface area contributed by atoms with Gasteiger partial charge < -0.3 is 10.0 Å². The maximum atomic E-state index is 12.2. The molecule has 1 aromatic rings. The van der Waals surface area contributed by atoms with Gasteiger partial charge >= 0.3 is 0 Å². The minimum Gasteiger partial charge on any atom is -0.394 e. The molecule has 0 aliphatic carbocycles. The highest BCUT2D eigenvalue weighted by Crippen LogP contribution is 2.17. The molecular weight excluding hydrogens is 228 g/mol. The van der Waals surface area contributed by atoms with Gasteiger partial charge in [-0.2, -0.15) is 0 Å². The van der Waals surface area contributed by atoms with Crippen LogP contribution >= 0.6 is 0 Å². The summed E-state index contributed by atoms with van der Waals surface area (Å²) in [6, 6.07) is 9.82. The van der Waals surface area contributed by atoms with Crippen LogP contribution in [0.15, 0.2) is 30.3 Å². The Morgan fingerprint density at radius 2 is 2.00 bits per heavy atom. The number of piperazine rings is 1. The number of benzene rings is 1. The second-order valence-electron chi connectivity index (χ2n) is 4.92. The third-order valence-electron chi connectivity index (χ3n) is 3.66. The summed E-state index contributed by atoms with van der Waals surface area (Å²) in [5.74, 6) is 0.0157. The molecule has 0 saturated carbocycles. The van der Waals surface area contributed by atoms with Gasteiger partial charge in [-0.25, -0.2) is 0 Å². The summed E-state index contributed by atoms with van der Waals surface area (Å²) in [5, 5.41) is 9.34. The lowest BCUT2D eigenvalue weighted by Gasteiger charge is -2.42. The number of amides is 1. The van der Waals surface area contributed by atoms with E-state index in [0.29, 0.717) is 13.1 Å². The van der Waals surface area contributed by atoms with Crippen LogP contribution in [0.4, 0.5) is 0 Å². The van der Waals surface area contributed by atoms with E-state index < -0.39 is 6.04 Å². The molecule has 1 aliphatic rings. The average molecular weight is 248 g/mol. The summed E-state index contributed by atoms with van der Waals surface area (Å²) < 4.78 is 0. The molecule has 0 bridgehead atoms. The van der Waals surface area contributed by atoms with E-state index in [1.54, 1.807) is 0 Å². The smallest absolute Gasteiger partial charge is 0.242 e. The standard InChI is InChI=1S/C14H20N2O2/c1-11-8-16(9-12-6-4-3-5-7-12)14(18)13(10-17)15(11)2/h3-7,11,13,17H,8-10H2,1-2H3. The Kier molecular flexibility index (Phi) is 3.99. The fourth-order valence-corrected chi connectivity index (χ4v) is 2.38. The molecule has 0 aromatic heterocycles. The molecule has 1 amide bonds. The van der Waals surface area contributed by atoms with Gasteiger partial charge in [0.05, 0.1) is 6.61 Å². The number of aliphatic hydroxyl groups is 1. The first-order chi connectivity index (χ1) is 8.63. The highest BCUT2D eigenvalue weighted by molar-refractivity contribution is 5.83. The molecule has 2 atom stereocenters. The van der Waals surface area contributed by atoms with Gasteiger partial charge in [-0.1, -0.05) is 30.3 Å². The van der Waals surface area contributed by atoms with Gasteiger partial charge in [-0.15, -0.1) is 0 Å². The third kappa shape index (κ3) is 2.54. The minimum atomic E-state index is -0.405. The normalized spacial score (nSPS) is 25.5. The van der Waals surface area contributed by atoms with E-state index in [-0.39, 0.29) is 18.6 Å². The zero-order chi connectivity index (χ0) is 13.1. The Labute approximate surface area is 108 Å². The molecule has 1 heterocycles. The zero-order valence-electron chi connectivity index (χ0n) is 10.9. The van der Waals surface area contributed by atoms with Gasteiger partial charge in [-0.05, 0) is 19.5 Å². The summed E-state index contributed by atoms with van der Waals surface area (Å²) in [7, 11) is 1.89. The fraction of sp³-hybridized carbons (Fsp3) is 0.500. The molecule has 1 fully saturated rings. The second kappa shape index (κ2) is 5.50. The largest absolute Gasteiger partial charge is 0.394 e. The van der Waals surface area contributed by atoms with Crippen molar-refractivity contribution in [2.24, 2.45) is 0 Å². The summed E-state index contributed by atoms with van der Waals surface area (Å²) in [5.41, 5.74) is 1.12. The number of nitrogens with zero attached hydrogens (tertiary/aromatic N) is 2. The summed E-state index contributed by atoms with van der Waals surface area (Å²) in [6.07, 6.45) is 0. The van der Waals surface area contributed by atoms with Crippen LogP contribution in [0, 0.1) is 0 Å². The molecule has 4 nitrogen and oxygen atoms in total. The molecule has 1 saturated heterocycles. The summed E-state index contributed by atoms with van der Waals surface area (Å²) in [4.78, 5) is 16.0. The third-order valence-corrected chi connectivity index (χ3v) is 3.66. The summed E-state index contributed by atoms with van der Waals surface area (Å²) in [6.45, 7) is 3.28. The Hall–Kier alpha value is -1.39. The van der Waals surface area contributed by atoms with Gasteiger partial charge in [0.25, 0.3) is 0 Å². The lowest BCUT2D eigenvalue weighted by atomic mass is 10.1. The first kappa shape index (κ1) is 13.1. The Balaban J connectivity index is 2.11. The average Bonchev–Trinajstić information content (AvgIpc) is 2.38. The molecule has 2 rings (SSSR count). The van der Waals surface area contributed by atoms with Crippen LogP contribution < -0.4 is 0 Å². The topological polar surface area (TPSA) is 43.8 Å². The van der Waals surface area contributed by atoms with E-state index in [4.69, 9.17) is 0 Å². The minimum absolute atomic E-state index is 0.0157. The second-order valence-corrected chi connectivity index (χ2v) is 4.92. The number of hydrogen-bond donors (Lipinski definition) is 1. The predicted octanol–water partition coefficient (Wildman–Crippen LogP) is 0.710. The Morgan fingerprint density at radius 1 is 1.33 bits per heavy atom. The van der Waals surface area contributed by atoms with E-state index in [1.165, 1.54) is 0 Å². The van der Waals surface area contributed by atoms with Crippen LogP contribution in [0.5, 0.6) is 0 Å². The van der Waals surface area contributed by atoms with E-state index in [1.807, 2.05) is 47.2 Å². The van der Waals surface area contributed by atoms with Gasteiger partial charge in [0.1, 0.15) is 6.04 Å². The van der Waals surface area contributed by atoms with Crippen LogP contribution in [0.3, 0.4) is 0 Å². The van der Waals surface area contributed by atoms with Crippen molar-refractivity contribution >= 4 is 5.91 Å². The van der Waals surface area contributed by atoms with Crippen LogP contribution in [-0.2, 0) is 11.3 Å². The van der Waals surface area contributed by atoms with E-state index in [0.717, 1.165) is 5.56 Å². The molecule has 1 aliphatic heterocycles. The van der Waals surface area contributed by atoms with Crippen molar-refractivity contribution in [2.75, 3.05) is 20.2 Å². The molecular formula is C14H20N2O2. The first-order valence-corrected chi connectivity index (χ1v) is 6.29. The van der Waals surface area contributed by atoms with Crippen molar-refractivity contribution in [1.82, 2.24) is 9.80 Å². The molecule has 2 unspecified atom stereocenters. The lowest BCUT2D eigenvalue weighted by molar-refractivity contribution is -0.146. The molecule has 1 N–H and O–H groups in total. The SMILES string of the molecule is CC1CN(Cc2ccccc2)C(=O)C(CO)N1C. The lowest BCUT2D eigenvalue weighted by Crippen LogP contribution is -2.60. The number of carbonyl (C=O) groups excluding carboxylic acids is 1. The van der Waals surface area contributed by atoms with Gasteiger partial charge in [0, 0.05) is 19.1 Å². The van der Waals surface area contributed by atoms with Crippen molar-refractivity contribution in [1.29, 1.82) is 0 Å². The highest BCUT2D eigenvalue weighted by Gasteiger charge is 2.35. The molecule has 98 valence electrons. The maximum absolute atomic E-state index is 12.2. The number of carbonyl (C=O) groups is 1. The monoisotopic (exact) mass is 248 g/mol. The quantitative estimate of drug-likeness (QED) is 0.857. The van der Waals surface area contributed by atoms with Crippen molar-refractivity contribution in [3.05, 3.63) is 35.9 Å². The number of hydrogen-bond acceptors (Lipinski definition) is 3. The molecule has 1 aromatic carbocycles. The van der Waals surface area contributed by atoms with Crippen molar-refractivity contribution in [2.45, 2.75) is 25.6 Å². The van der Waals surface area contributed by atoms with Crippen molar-refractivity contribution in [3.8, 4) is 0 Å². The Morgan fingerprint density at radius 3 is 2.61 bits per heavy atom. The van der Waals surface area contributed by atoms with Crippen LogP contribution in [0.2, 0.25) is 0 Å². The maximum Gasteiger partial charge on any atom is 0.242 e. The molecule has 0 spiro atoms. The van der Waals surface area contributed by atoms with Crippen LogP contribution in [-0.4, -0.2) is 53.1 Å². The number of aliphatic hydroxyl groups excluding tert-OH is 1.